The zero-order valence-corrected chi connectivity index (χ0v) is 11.5. The molecule has 0 bridgehead atoms. The van der Waals surface area contributed by atoms with Crippen molar-refractivity contribution in [2.45, 2.75) is 12.8 Å². The maximum atomic E-state index is 12.5. The topological polar surface area (TPSA) is 57.6 Å². The zero-order chi connectivity index (χ0) is 14.1. The SMILES string of the molecule is O=C(O)c1ccc2c(c1)CCCN2C(=O)c1ccsc1. The molecular weight excluding hydrogens is 274 g/mol. The van der Waals surface area contributed by atoms with Crippen molar-refractivity contribution in [1.82, 2.24) is 0 Å². The van der Waals surface area contributed by atoms with Crippen LogP contribution in [0.2, 0.25) is 0 Å². The Bertz CT molecular complexity index is 664. The summed E-state index contributed by atoms with van der Waals surface area (Å²) in [6.45, 7) is 0.675. The molecule has 0 atom stereocenters. The number of nitrogens with zero attached hydrogens (tertiary/aromatic N) is 1. The lowest BCUT2D eigenvalue weighted by Crippen LogP contribution is -2.35. The summed E-state index contributed by atoms with van der Waals surface area (Å²) in [5.41, 5.74) is 2.72. The van der Waals surface area contributed by atoms with Gasteiger partial charge >= 0.3 is 5.97 Å². The number of rotatable bonds is 2. The number of thiophene rings is 1. The van der Waals surface area contributed by atoms with E-state index in [1.807, 2.05) is 16.8 Å². The Labute approximate surface area is 120 Å². The van der Waals surface area contributed by atoms with Crippen molar-refractivity contribution in [3.63, 3.8) is 0 Å². The van der Waals surface area contributed by atoms with Gasteiger partial charge in [0.15, 0.2) is 0 Å². The first-order valence-corrected chi connectivity index (χ1v) is 7.31. The van der Waals surface area contributed by atoms with E-state index in [1.165, 1.54) is 11.3 Å². The van der Waals surface area contributed by atoms with Crippen molar-refractivity contribution >= 4 is 28.9 Å². The molecule has 0 saturated heterocycles. The second-order valence-corrected chi connectivity index (χ2v) is 5.50. The number of anilines is 1. The number of aryl methyl sites for hydroxylation is 1. The molecule has 0 aliphatic carbocycles. The molecule has 1 amide bonds. The third-order valence-electron chi connectivity index (χ3n) is 3.46. The summed E-state index contributed by atoms with van der Waals surface area (Å²) in [5, 5.41) is 12.7. The van der Waals surface area contributed by atoms with Crippen LogP contribution in [0, 0.1) is 0 Å². The number of carboxylic acid groups (broad SMARTS) is 1. The molecule has 1 N–H and O–H groups in total. The third-order valence-corrected chi connectivity index (χ3v) is 4.14. The van der Waals surface area contributed by atoms with E-state index in [0.29, 0.717) is 12.1 Å². The second-order valence-electron chi connectivity index (χ2n) is 4.72. The molecule has 2 aromatic rings. The molecule has 0 radical (unpaired) electrons. The van der Waals surface area contributed by atoms with Crippen LogP contribution in [-0.2, 0) is 6.42 Å². The molecule has 1 aliphatic heterocycles. The van der Waals surface area contributed by atoms with Crippen LogP contribution in [-0.4, -0.2) is 23.5 Å². The zero-order valence-electron chi connectivity index (χ0n) is 10.7. The van der Waals surface area contributed by atoms with E-state index in [0.717, 1.165) is 24.1 Å². The Balaban J connectivity index is 1.98. The number of benzene rings is 1. The fourth-order valence-corrected chi connectivity index (χ4v) is 3.11. The molecule has 2 heterocycles. The number of hydrogen-bond acceptors (Lipinski definition) is 3. The average molecular weight is 287 g/mol. The highest BCUT2D eigenvalue weighted by Gasteiger charge is 2.24. The first-order chi connectivity index (χ1) is 9.66. The standard InChI is InChI=1S/C15H13NO3S/c17-14(12-5-7-20-9-12)16-6-1-2-10-8-11(15(18)19)3-4-13(10)16/h3-5,7-9H,1-2,6H2,(H,18,19). The van der Waals surface area contributed by atoms with Crippen LogP contribution in [0.3, 0.4) is 0 Å². The average Bonchev–Trinajstić information content (AvgIpc) is 2.99. The Morgan fingerprint density at radius 3 is 2.75 bits per heavy atom. The van der Waals surface area contributed by atoms with Gasteiger partial charge in [0.1, 0.15) is 0 Å². The Morgan fingerprint density at radius 2 is 2.05 bits per heavy atom. The van der Waals surface area contributed by atoms with Gasteiger partial charge in [0.2, 0.25) is 0 Å². The van der Waals surface area contributed by atoms with Crippen LogP contribution in [0.1, 0.15) is 32.7 Å². The number of amides is 1. The molecule has 0 spiro atoms. The van der Waals surface area contributed by atoms with Crippen LogP contribution in [0.4, 0.5) is 5.69 Å². The van der Waals surface area contributed by atoms with Crippen LogP contribution in [0.5, 0.6) is 0 Å². The van der Waals surface area contributed by atoms with E-state index in [1.54, 1.807) is 23.1 Å². The second kappa shape index (κ2) is 5.09. The highest BCUT2D eigenvalue weighted by molar-refractivity contribution is 7.08. The predicted octanol–water partition coefficient (Wildman–Crippen LogP) is 3.04. The largest absolute Gasteiger partial charge is 0.478 e. The van der Waals surface area contributed by atoms with Crippen LogP contribution >= 0.6 is 11.3 Å². The minimum Gasteiger partial charge on any atom is -0.478 e. The van der Waals surface area contributed by atoms with Crippen molar-refractivity contribution in [2.24, 2.45) is 0 Å². The maximum Gasteiger partial charge on any atom is 0.335 e. The van der Waals surface area contributed by atoms with Gasteiger partial charge in [-0.2, -0.15) is 11.3 Å². The van der Waals surface area contributed by atoms with Crippen molar-refractivity contribution in [3.05, 3.63) is 51.7 Å². The van der Waals surface area contributed by atoms with Crippen molar-refractivity contribution in [3.8, 4) is 0 Å². The van der Waals surface area contributed by atoms with Gasteiger partial charge in [0.25, 0.3) is 5.91 Å². The first kappa shape index (κ1) is 12.9. The molecule has 4 nitrogen and oxygen atoms in total. The summed E-state index contributed by atoms with van der Waals surface area (Å²) in [7, 11) is 0. The van der Waals surface area contributed by atoms with E-state index >= 15 is 0 Å². The van der Waals surface area contributed by atoms with Crippen LogP contribution in [0.15, 0.2) is 35.0 Å². The number of aromatic carboxylic acids is 1. The lowest BCUT2D eigenvalue weighted by atomic mass is 9.98. The van der Waals surface area contributed by atoms with E-state index in [2.05, 4.69) is 0 Å². The number of fused-ring (bicyclic) bond motifs is 1. The molecule has 102 valence electrons. The van der Waals surface area contributed by atoms with E-state index in [9.17, 15) is 9.59 Å². The first-order valence-electron chi connectivity index (χ1n) is 6.37. The van der Waals surface area contributed by atoms with Gasteiger partial charge in [0.05, 0.1) is 11.1 Å². The minimum absolute atomic E-state index is 0.0183. The van der Waals surface area contributed by atoms with Gasteiger partial charge in [0, 0.05) is 17.6 Å². The number of carbonyl (C=O) groups is 2. The summed E-state index contributed by atoms with van der Waals surface area (Å²) in [6.07, 6.45) is 1.66. The number of carbonyl (C=O) groups excluding carboxylic acids is 1. The smallest absolute Gasteiger partial charge is 0.335 e. The summed E-state index contributed by atoms with van der Waals surface area (Å²) in [6, 6.07) is 6.78. The van der Waals surface area contributed by atoms with Crippen molar-refractivity contribution < 1.29 is 14.7 Å². The predicted molar refractivity (Wildman–Crippen MR) is 77.7 cm³/mol. The quantitative estimate of drug-likeness (QED) is 0.923. The summed E-state index contributed by atoms with van der Waals surface area (Å²) in [5.74, 6) is -0.954. The number of carboxylic acids is 1. The van der Waals surface area contributed by atoms with Crippen molar-refractivity contribution in [2.75, 3.05) is 11.4 Å². The Hall–Kier alpha value is -2.14. The van der Waals surface area contributed by atoms with Gasteiger partial charge in [-0.1, -0.05) is 0 Å². The Kier molecular flexibility index (Phi) is 3.28. The minimum atomic E-state index is -0.936. The highest BCUT2D eigenvalue weighted by Crippen LogP contribution is 2.29. The fourth-order valence-electron chi connectivity index (χ4n) is 2.48. The van der Waals surface area contributed by atoms with Gasteiger partial charge in [-0.15, -0.1) is 0 Å². The maximum absolute atomic E-state index is 12.5. The van der Waals surface area contributed by atoms with Gasteiger partial charge in [-0.05, 0) is 48.1 Å². The molecule has 3 rings (SSSR count). The lowest BCUT2D eigenvalue weighted by molar-refractivity contribution is 0.0696. The summed E-state index contributed by atoms with van der Waals surface area (Å²) in [4.78, 5) is 25.2. The highest BCUT2D eigenvalue weighted by atomic mass is 32.1. The fraction of sp³-hybridized carbons (Fsp3) is 0.200. The number of hydrogen-bond donors (Lipinski definition) is 1. The lowest BCUT2D eigenvalue weighted by Gasteiger charge is -2.29. The van der Waals surface area contributed by atoms with Crippen LogP contribution < -0.4 is 4.90 Å². The molecule has 0 unspecified atom stereocenters. The summed E-state index contributed by atoms with van der Waals surface area (Å²) >= 11 is 1.49. The molecular formula is C15H13NO3S. The molecule has 1 aromatic carbocycles. The van der Waals surface area contributed by atoms with Gasteiger partial charge in [-0.3, -0.25) is 4.79 Å². The summed E-state index contributed by atoms with van der Waals surface area (Å²) < 4.78 is 0. The van der Waals surface area contributed by atoms with Crippen LogP contribution in [0.25, 0.3) is 0 Å². The molecule has 20 heavy (non-hydrogen) atoms. The molecule has 1 aromatic heterocycles. The molecule has 0 fully saturated rings. The third kappa shape index (κ3) is 2.20. The van der Waals surface area contributed by atoms with Crippen molar-refractivity contribution in [1.29, 1.82) is 0 Å². The molecule has 0 saturated carbocycles. The monoisotopic (exact) mass is 287 g/mol. The van der Waals surface area contributed by atoms with E-state index < -0.39 is 5.97 Å². The Morgan fingerprint density at radius 1 is 1.20 bits per heavy atom. The van der Waals surface area contributed by atoms with E-state index in [4.69, 9.17) is 5.11 Å². The van der Waals surface area contributed by atoms with Gasteiger partial charge < -0.3 is 10.0 Å². The molecule has 1 aliphatic rings. The molecule has 5 heteroatoms. The normalized spacial score (nSPS) is 13.9. The van der Waals surface area contributed by atoms with Gasteiger partial charge in [-0.25, -0.2) is 4.79 Å². The van der Waals surface area contributed by atoms with E-state index in [-0.39, 0.29) is 11.5 Å².